The molecule has 0 aliphatic heterocycles. The monoisotopic (exact) mass is 438 g/mol. The molecule has 2 fully saturated rings. The lowest BCUT2D eigenvalue weighted by molar-refractivity contribution is -0.130. The summed E-state index contributed by atoms with van der Waals surface area (Å²) < 4.78 is 0. The molecule has 4 rings (SSSR count). The van der Waals surface area contributed by atoms with Gasteiger partial charge in [-0.2, -0.15) is 0 Å². The fourth-order valence-electron chi connectivity index (χ4n) is 5.27. The fraction of sp³-hybridized carbons (Fsp3) is 0.400. The second-order valence-electron chi connectivity index (χ2n) is 9.44. The molecule has 2 saturated carbocycles. The highest BCUT2D eigenvalue weighted by atomic mass is 35.5. The lowest BCUT2D eigenvalue weighted by atomic mass is 9.64. The Hall–Kier alpha value is -2.66. The minimum absolute atomic E-state index is 0.00513. The maximum absolute atomic E-state index is 13.5. The van der Waals surface area contributed by atoms with E-state index in [-0.39, 0.29) is 22.3 Å². The van der Waals surface area contributed by atoms with Gasteiger partial charge in [-0.1, -0.05) is 61.8 Å². The molecule has 5 nitrogen and oxygen atoms in total. The van der Waals surface area contributed by atoms with Gasteiger partial charge in [-0.05, 0) is 55.0 Å². The standard InChI is InChI=1S/C25H27ClN2O3/c1-16-8-7-9-17(14-16)27-22(30)25-13-12-24(4,23(25,2)3)20(15-25)28-31-21(29)18-10-5-6-11-19(18)26/h5-11,14H,12-13,15H2,1-4H3,(H,27,30)/b28-20+. The van der Waals surface area contributed by atoms with E-state index in [9.17, 15) is 9.59 Å². The van der Waals surface area contributed by atoms with Crippen LogP contribution in [0.5, 0.6) is 0 Å². The molecule has 31 heavy (non-hydrogen) atoms. The molecule has 6 heteroatoms. The molecule has 1 N–H and O–H groups in total. The van der Waals surface area contributed by atoms with E-state index in [4.69, 9.17) is 16.4 Å². The highest BCUT2D eigenvalue weighted by Crippen LogP contribution is 2.71. The maximum Gasteiger partial charge on any atom is 0.367 e. The first-order valence-electron chi connectivity index (χ1n) is 10.5. The topological polar surface area (TPSA) is 67.8 Å². The van der Waals surface area contributed by atoms with E-state index < -0.39 is 11.4 Å². The number of hydrogen-bond donors (Lipinski definition) is 1. The molecule has 0 spiro atoms. The summed E-state index contributed by atoms with van der Waals surface area (Å²) >= 11 is 6.10. The molecule has 0 radical (unpaired) electrons. The zero-order valence-corrected chi connectivity index (χ0v) is 19.0. The third-order valence-electron chi connectivity index (χ3n) is 7.78. The van der Waals surface area contributed by atoms with Crippen LogP contribution >= 0.6 is 11.6 Å². The Morgan fingerprint density at radius 2 is 1.81 bits per heavy atom. The predicted octanol–water partition coefficient (Wildman–Crippen LogP) is 6.02. The van der Waals surface area contributed by atoms with Crippen LogP contribution in [-0.2, 0) is 9.63 Å². The maximum atomic E-state index is 13.5. The van der Waals surface area contributed by atoms with Gasteiger partial charge in [0.1, 0.15) is 0 Å². The summed E-state index contributed by atoms with van der Waals surface area (Å²) in [5, 5.41) is 7.70. The van der Waals surface area contributed by atoms with Crippen LogP contribution in [0.2, 0.25) is 5.02 Å². The number of amides is 1. The second-order valence-corrected chi connectivity index (χ2v) is 9.84. The number of fused-ring (bicyclic) bond motifs is 2. The number of carbonyl (C=O) groups excluding carboxylic acids is 2. The van der Waals surface area contributed by atoms with Gasteiger partial charge < -0.3 is 10.2 Å². The van der Waals surface area contributed by atoms with E-state index in [1.54, 1.807) is 24.3 Å². The van der Waals surface area contributed by atoms with E-state index in [1.165, 1.54) is 0 Å². The molecule has 0 aromatic heterocycles. The molecular weight excluding hydrogens is 412 g/mol. The summed E-state index contributed by atoms with van der Waals surface area (Å²) in [7, 11) is 0. The number of carbonyl (C=O) groups is 2. The number of aryl methyl sites for hydroxylation is 1. The van der Waals surface area contributed by atoms with E-state index >= 15 is 0 Å². The zero-order valence-electron chi connectivity index (χ0n) is 18.3. The predicted molar refractivity (Wildman–Crippen MR) is 122 cm³/mol. The number of halogens is 1. The van der Waals surface area contributed by atoms with Gasteiger partial charge in [0.25, 0.3) is 0 Å². The Kier molecular flexibility index (Phi) is 5.21. The van der Waals surface area contributed by atoms with Crippen molar-refractivity contribution in [2.24, 2.45) is 21.4 Å². The number of nitrogens with one attached hydrogen (secondary N) is 1. The first-order chi connectivity index (χ1) is 14.6. The molecule has 2 unspecified atom stereocenters. The van der Waals surface area contributed by atoms with Gasteiger partial charge in [0, 0.05) is 17.5 Å². The highest BCUT2D eigenvalue weighted by Gasteiger charge is 2.71. The van der Waals surface area contributed by atoms with Crippen LogP contribution in [0.3, 0.4) is 0 Å². The number of benzene rings is 2. The van der Waals surface area contributed by atoms with Crippen LogP contribution in [0, 0.1) is 23.2 Å². The summed E-state index contributed by atoms with van der Waals surface area (Å²) in [4.78, 5) is 31.3. The molecule has 0 heterocycles. The number of oxime groups is 1. The Balaban J connectivity index is 1.60. The van der Waals surface area contributed by atoms with Crippen molar-refractivity contribution < 1.29 is 14.4 Å². The molecule has 2 atom stereocenters. The number of rotatable bonds is 4. The van der Waals surface area contributed by atoms with Gasteiger partial charge >= 0.3 is 5.97 Å². The summed E-state index contributed by atoms with van der Waals surface area (Å²) in [5.74, 6) is -0.602. The quantitative estimate of drug-likeness (QED) is 0.469. The average molecular weight is 439 g/mol. The van der Waals surface area contributed by atoms with Crippen molar-refractivity contribution in [3.8, 4) is 0 Å². The van der Waals surface area contributed by atoms with Crippen molar-refractivity contribution in [3.63, 3.8) is 0 Å². The Morgan fingerprint density at radius 3 is 2.52 bits per heavy atom. The minimum Gasteiger partial charge on any atom is -0.326 e. The van der Waals surface area contributed by atoms with Crippen molar-refractivity contribution in [1.82, 2.24) is 0 Å². The Morgan fingerprint density at radius 1 is 1.06 bits per heavy atom. The van der Waals surface area contributed by atoms with Crippen molar-refractivity contribution in [3.05, 3.63) is 64.7 Å². The van der Waals surface area contributed by atoms with E-state index in [1.807, 2.05) is 31.2 Å². The summed E-state index contributed by atoms with van der Waals surface area (Å²) in [6, 6.07) is 14.5. The number of hydrogen-bond acceptors (Lipinski definition) is 4. The van der Waals surface area contributed by atoms with Crippen molar-refractivity contribution >= 4 is 34.9 Å². The van der Waals surface area contributed by atoms with Gasteiger partial charge in [0.2, 0.25) is 5.91 Å². The molecule has 0 saturated heterocycles. The smallest absolute Gasteiger partial charge is 0.326 e. The van der Waals surface area contributed by atoms with Crippen molar-refractivity contribution in [2.45, 2.75) is 47.0 Å². The molecule has 162 valence electrons. The van der Waals surface area contributed by atoms with Crippen LogP contribution in [0.1, 0.15) is 56.0 Å². The van der Waals surface area contributed by atoms with E-state index in [0.717, 1.165) is 29.8 Å². The Bertz CT molecular complexity index is 1090. The molecule has 2 bridgehead atoms. The highest BCUT2D eigenvalue weighted by molar-refractivity contribution is 6.33. The molecule has 2 aromatic carbocycles. The van der Waals surface area contributed by atoms with Crippen LogP contribution in [0.15, 0.2) is 53.7 Å². The van der Waals surface area contributed by atoms with Crippen LogP contribution < -0.4 is 5.32 Å². The molecule has 1 amide bonds. The first kappa shape index (κ1) is 21.6. The summed E-state index contributed by atoms with van der Waals surface area (Å²) in [5.41, 5.74) is 1.62. The fourth-order valence-corrected chi connectivity index (χ4v) is 5.48. The zero-order chi connectivity index (χ0) is 22.4. The van der Waals surface area contributed by atoms with Gasteiger partial charge in [0.15, 0.2) is 0 Å². The number of nitrogens with zero attached hydrogens (tertiary/aromatic N) is 1. The Labute approximate surface area is 187 Å². The lowest BCUT2D eigenvalue weighted by Gasteiger charge is -2.39. The van der Waals surface area contributed by atoms with Gasteiger partial charge in [0.05, 0.1) is 21.7 Å². The van der Waals surface area contributed by atoms with E-state index in [0.29, 0.717) is 11.4 Å². The van der Waals surface area contributed by atoms with Crippen molar-refractivity contribution in [2.75, 3.05) is 5.32 Å². The average Bonchev–Trinajstić information content (AvgIpc) is 3.03. The van der Waals surface area contributed by atoms with Crippen LogP contribution in [0.4, 0.5) is 5.69 Å². The van der Waals surface area contributed by atoms with Gasteiger partial charge in [-0.15, -0.1) is 0 Å². The lowest BCUT2D eigenvalue weighted by Crippen LogP contribution is -2.43. The largest absolute Gasteiger partial charge is 0.367 e. The second kappa shape index (κ2) is 7.49. The first-order valence-corrected chi connectivity index (χ1v) is 10.9. The summed E-state index contributed by atoms with van der Waals surface area (Å²) in [6.07, 6.45) is 2.04. The van der Waals surface area contributed by atoms with Gasteiger partial charge in [-0.3, -0.25) is 4.79 Å². The molecule has 2 aromatic rings. The normalized spacial score (nSPS) is 27.3. The van der Waals surface area contributed by atoms with Crippen LogP contribution in [0.25, 0.3) is 0 Å². The molecule has 2 aliphatic carbocycles. The third kappa shape index (κ3) is 3.26. The van der Waals surface area contributed by atoms with Crippen LogP contribution in [-0.4, -0.2) is 17.6 Å². The molecular formula is C25H27ClN2O3. The van der Waals surface area contributed by atoms with Gasteiger partial charge in [-0.25, -0.2) is 4.79 Å². The van der Waals surface area contributed by atoms with Crippen molar-refractivity contribution in [1.29, 1.82) is 0 Å². The molecule has 2 aliphatic rings. The number of anilines is 1. The SMILES string of the molecule is Cc1cccc(NC(=O)C23CCC(C)(/C(=N/OC(=O)c4ccccc4Cl)C2)C3(C)C)c1. The summed E-state index contributed by atoms with van der Waals surface area (Å²) in [6.45, 7) is 8.35. The minimum atomic E-state index is -0.610. The van der Waals surface area contributed by atoms with E-state index in [2.05, 4.69) is 31.2 Å². The third-order valence-corrected chi connectivity index (χ3v) is 8.11.